The molecular weight excluding hydrogens is 234 g/mol. The molecule has 0 saturated heterocycles. The first-order valence-electron chi connectivity index (χ1n) is 7.60. The van der Waals surface area contributed by atoms with Crippen LogP contribution in [0.4, 0.5) is 5.82 Å². The summed E-state index contributed by atoms with van der Waals surface area (Å²) in [5.41, 5.74) is 1.30. The average Bonchev–Trinajstić information content (AvgIpc) is 2.45. The van der Waals surface area contributed by atoms with E-state index in [1.165, 1.54) is 18.5 Å². The van der Waals surface area contributed by atoms with Crippen molar-refractivity contribution >= 4 is 5.82 Å². The molecule has 0 spiro atoms. The first-order valence-corrected chi connectivity index (χ1v) is 7.60. The first kappa shape index (κ1) is 16.0. The molecule has 0 aromatic carbocycles. The number of rotatable bonds is 9. The molecule has 0 aliphatic carbocycles. The molecule has 0 amide bonds. The van der Waals surface area contributed by atoms with Crippen LogP contribution in [0, 0.1) is 5.92 Å². The smallest absolute Gasteiger partial charge is 0.125 e. The van der Waals surface area contributed by atoms with Crippen molar-refractivity contribution < 1.29 is 0 Å². The Morgan fingerprint density at radius 3 is 2.58 bits per heavy atom. The Bertz CT molecular complexity index is 334. The number of nitrogens with one attached hydrogen (secondary N) is 1. The lowest BCUT2D eigenvalue weighted by molar-refractivity contribution is 0.238. The zero-order chi connectivity index (χ0) is 14.1. The molecule has 1 aromatic rings. The van der Waals surface area contributed by atoms with Gasteiger partial charge in [-0.15, -0.1) is 0 Å². The van der Waals surface area contributed by atoms with E-state index in [0.29, 0.717) is 0 Å². The van der Waals surface area contributed by atoms with Crippen molar-refractivity contribution in [3.8, 4) is 0 Å². The van der Waals surface area contributed by atoms with Crippen LogP contribution >= 0.6 is 0 Å². The Balaban J connectivity index is 2.50. The van der Waals surface area contributed by atoms with E-state index in [1.54, 1.807) is 0 Å². The zero-order valence-corrected chi connectivity index (χ0v) is 12.9. The SMILES string of the molecule is CCCNc1ccc(CN(CC)CC(C)CC)cn1. The standard InChI is InChI=1S/C16H29N3/c1-5-10-17-16-9-8-15(11-18-16)13-19(7-3)12-14(4)6-2/h8-9,11,14H,5-7,10,12-13H2,1-4H3,(H,17,18). The number of pyridine rings is 1. The predicted molar refractivity (Wildman–Crippen MR) is 83.4 cm³/mol. The van der Waals surface area contributed by atoms with E-state index in [4.69, 9.17) is 0 Å². The zero-order valence-electron chi connectivity index (χ0n) is 12.9. The second-order valence-electron chi connectivity index (χ2n) is 5.32. The van der Waals surface area contributed by atoms with E-state index in [9.17, 15) is 0 Å². The van der Waals surface area contributed by atoms with Crippen LogP contribution in [0.2, 0.25) is 0 Å². The first-order chi connectivity index (χ1) is 9.19. The van der Waals surface area contributed by atoms with Gasteiger partial charge in [0, 0.05) is 25.8 Å². The molecule has 0 aliphatic heterocycles. The summed E-state index contributed by atoms with van der Waals surface area (Å²) in [6.45, 7) is 13.2. The lowest BCUT2D eigenvalue weighted by Crippen LogP contribution is -2.27. The molecule has 0 saturated carbocycles. The number of nitrogens with zero attached hydrogens (tertiary/aromatic N) is 2. The maximum atomic E-state index is 4.47. The average molecular weight is 263 g/mol. The van der Waals surface area contributed by atoms with Crippen molar-refractivity contribution in [1.82, 2.24) is 9.88 Å². The van der Waals surface area contributed by atoms with Crippen molar-refractivity contribution in [1.29, 1.82) is 0 Å². The van der Waals surface area contributed by atoms with E-state index in [0.717, 1.165) is 37.8 Å². The topological polar surface area (TPSA) is 28.2 Å². The van der Waals surface area contributed by atoms with Gasteiger partial charge in [-0.2, -0.15) is 0 Å². The van der Waals surface area contributed by atoms with Gasteiger partial charge in [0.15, 0.2) is 0 Å². The number of anilines is 1. The molecule has 1 atom stereocenters. The fourth-order valence-corrected chi connectivity index (χ4v) is 2.01. The van der Waals surface area contributed by atoms with E-state index in [2.05, 4.69) is 55.0 Å². The normalized spacial score (nSPS) is 12.7. The summed E-state index contributed by atoms with van der Waals surface area (Å²) in [5, 5.41) is 3.31. The molecule has 1 unspecified atom stereocenters. The summed E-state index contributed by atoms with van der Waals surface area (Å²) in [6.07, 6.45) is 4.37. The summed E-state index contributed by atoms with van der Waals surface area (Å²) in [4.78, 5) is 6.96. The van der Waals surface area contributed by atoms with Crippen LogP contribution in [-0.4, -0.2) is 29.5 Å². The minimum Gasteiger partial charge on any atom is -0.370 e. The maximum absolute atomic E-state index is 4.47. The molecule has 3 heteroatoms. The van der Waals surface area contributed by atoms with E-state index < -0.39 is 0 Å². The van der Waals surface area contributed by atoms with Crippen LogP contribution in [0.3, 0.4) is 0 Å². The highest BCUT2D eigenvalue weighted by Gasteiger charge is 2.08. The van der Waals surface area contributed by atoms with Gasteiger partial charge < -0.3 is 5.32 Å². The Morgan fingerprint density at radius 1 is 1.26 bits per heavy atom. The minimum atomic E-state index is 0.762. The largest absolute Gasteiger partial charge is 0.370 e. The summed E-state index contributed by atoms with van der Waals surface area (Å²) in [7, 11) is 0. The third-order valence-electron chi connectivity index (χ3n) is 3.50. The molecule has 108 valence electrons. The van der Waals surface area contributed by atoms with Crippen LogP contribution in [0.15, 0.2) is 18.3 Å². The van der Waals surface area contributed by atoms with Gasteiger partial charge in [-0.3, -0.25) is 4.90 Å². The Morgan fingerprint density at radius 2 is 2.05 bits per heavy atom. The van der Waals surface area contributed by atoms with Gasteiger partial charge in [-0.05, 0) is 30.5 Å². The molecule has 0 bridgehead atoms. The molecule has 19 heavy (non-hydrogen) atoms. The fraction of sp³-hybridized carbons (Fsp3) is 0.688. The lowest BCUT2D eigenvalue weighted by atomic mass is 10.1. The summed E-state index contributed by atoms with van der Waals surface area (Å²) < 4.78 is 0. The van der Waals surface area contributed by atoms with Gasteiger partial charge >= 0.3 is 0 Å². The van der Waals surface area contributed by atoms with Crippen LogP contribution in [0.1, 0.15) is 46.1 Å². The summed E-state index contributed by atoms with van der Waals surface area (Å²) in [6, 6.07) is 4.27. The highest BCUT2D eigenvalue weighted by Crippen LogP contribution is 2.10. The van der Waals surface area contributed by atoms with Gasteiger partial charge in [0.2, 0.25) is 0 Å². The van der Waals surface area contributed by atoms with Gasteiger partial charge in [0.05, 0.1) is 0 Å². The Hall–Kier alpha value is -1.09. The van der Waals surface area contributed by atoms with Crippen LogP contribution in [-0.2, 0) is 6.54 Å². The van der Waals surface area contributed by atoms with Gasteiger partial charge in [0.1, 0.15) is 5.82 Å². The summed E-state index contributed by atoms with van der Waals surface area (Å²) in [5.74, 6) is 1.74. The van der Waals surface area contributed by atoms with Crippen molar-refractivity contribution in [2.75, 3.05) is 25.0 Å². The van der Waals surface area contributed by atoms with Crippen LogP contribution in [0.5, 0.6) is 0 Å². The molecule has 1 N–H and O–H groups in total. The highest BCUT2D eigenvalue weighted by atomic mass is 15.1. The second-order valence-corrected chi connectivity index (χ2v) is 5.32. The molecule has 0 radical (unpaired) electrons. The molecular formula is C16H29N3. The summed E-state index contributed by atoms with van der Waals surface area (Å²) >= 11 is 0. The van der Waals surface area contributed by atoms with Gasteiger partial charge in [-0.1, -0.05) is 40.2 Å². The molecule has 1 aromatic heterocycles. The Kier molecular flexibility index (Phi) is 7.49. The van der Waals surface area contributed by atoms with E-state index in [-0.39, 0.29) is 0 Å². The third-order valence-corrected chi connectivity index (χ3v) is 3.50. The molecule has 0 aliphatic rings. The van der Waals surface area contributed by atoms with Crippen LogP contribution < -0.4 is 5.32 Å². The maximum Gasteiger partial charge on any atom is 0.125 e. The molecule has 1 rings (SSSR count). The van der Waals surface area contributed by atoms with E-state index in [1.807, 2.05) is 6.20 Å². The number of hydrogen-bond acceptors (Lipinski definition) is 3. The quantitative estimate of drug-likeness (QED) is 0.735. The number of hydrogen-bond donors (Lipinski definition) is 1. The van der Waals surface area contributed by atoms with Crippen molar-refractivity contribution in [2.45, 2.75) is 47.1 Å². The number of aromatic nitrogens is 1. The van der Waals surface area contributed by atoms with E-state index >= 15 is 0 Å². The molecule has 0 fully saturated rings. The minimum absolute atomic E-state index is 0.762. The van der Waals surface area contributed by atoms with Crippen molar-refractivity contribution in [3.05, 3.63) is 23.9 Å². The van der Waals surface area contributed by atoms with Crippen molar-refractivity contribution in [2.24, 2.45) is 5.92 Å². The molecule has 3 nitrogen and oxygen atoms in total. The monoisotopic (exact) mass is 263 g/mol. The third kappa shape index (κ3) is 6.06. The fourth-order valence-electron chi connectivity index (χ4n) is 2.01. The van der Waals surface area contributed by atoms with Gasteiger partial charge in [-0.25, -0.2) is 4.98 Å². The van der Waals surface area contributed by atoms with Crippen LogP contribution in [0.25, 0.3) is 0 Å². The van der Waals surface area contributed by atoms with Crippen molar-refractivity contribution in [3.63, 3.8) is 0 Å². The second kappa shape index (κ2) is 8.92. The molecule has 1 heterocycles. The van der Waals surface area contributed by atoms with Gasteiger partial charge in [0.25, 0.3) is 0 Å². The highest BCUT2D eigenvalue weighted by molar-refractivity contribution is 5.35. The predicted octanol–water partition coefficient (Wildman–Crippen LogP) is 3.77. The Labute approximate surface area is 118 Å². The lowest BCUT2D eigenvalue weighted by Gasteiger charge is -2.23.